The lowest BCUT2D eigenvalue weighted by Crippen LogP contribution is -2.17. The molecule has 9 heteroatoms. The second kappa shape index (κ2) is 8.03. The molecule has 2 aromatic carbocycles. The van der Waals surface area contributed by atoms with Crippen LogP contribution in [0.15, 0.2) is 53.7 Å². The van der Waals surface area contributed by atoms with Crippen LogP contribution in [0, 0.1) is 0 Å². The monoisotopic (exact) mass is 387 g/mol. The van der Waals surface area contributed by atoms with E-state index in [4.69, 9.17) is 17.3 Å². The minimum Gasteiger partial charge on any atom is -0.368 e. The van der Waals surface area contributed by atoms with E-state index in [1.807, 2.05) is 6.07 Å². The van der Waals surface area contributed by atoms with Gasteiger partial charge in [-0.25, -0.2) is 5.10 Å². The number of nitrogens with two attached hydrogens (primary N) is 1. The Morgan fingerprint density at radius 2 is 1.96 bits per heavy atom. The molecule has 132 valence electrons. The summed E-state index contributed by atoms with van der Waals surface area (Å²) < 4.78 is 0. The highest BCUT2D eigenvalue weighted by atomic mass is 35.5. The summed E-state index contributed by atoms with van der Waals surface area (Å²) in [6.45, 7) is 0. The van der Waals surface area contributed by atoms with Crippen molar-refractivity contribution in [3.63, 3.8) is 0 Å². The summed E-state index contributed by atoms with van der Waals surface area (Å²) in [5.74, 6) is -0.277. The van der Waals surface area contributed by atoms with Gasteiger partial charge in [0.2, 0.25) is 17.0 Å². The largest absolute Gasteiger partial charge is 0.368 e. The van der Waals surface area contributed by atoms with Gasteiger partial charge in [-0.3, -0.25) is 9.59 Å². The molecule has 0 aliphatic carbocycles. The Hall–Kier alpha value is -2.84. The first-order valence-corrected chi connectivity index (χ1v) is 8.89. The van der Waals surface area contributed by atoms with Crippen molar-refractivity contribution in [1.82, 2.24) is 15.2 Å². The number of carbonyl (C=O) groups excluding carboxylic acids is 2. The Labute approximate surface area is 158 Å². The molecule has 7 nitrogen and oxygen atoms in total. The van der Waals surface area contributed by atoms with E-state index >= 15 is 0 Å². The predicted molar refractivity (Wildman–Crippen MR) is 101 cm³/mol. The van der Waals surface area contributed by atoms with Crippen LogP contribution in [0.1, 0.15) is 15.9 Å². The van der Waals surface area contributed by atoms with Gasteiger partial charge < -0.3 is 11.1 Å². The number of halogens is 1. The molecule has 0 bridgehead atoms. The molecule has 4 N–H and O–H groups in total. The average molecular weight is 388 g/mol. The van der Waals surface area contributed by atoms with Crippen LogP contribution in [0.2, 0.25) is 5.02 Å². The molecule has 1 aromatic heterocycles. The van der Waals surface area contributed by atoms with Gasteiger partial charge in [0.1, 0.15) is 0 Å². The molecule has 0 saturated carbocycles. The summed E-state index contributed by atoms with van der Waals surface area (Å²) >= 11 is 7.15. The van der Waals surface area contributed by atoms with Gasteiger partial charge in [0.05, 0.1) is 11.4 Å². The number of aromatic nitrogens is 3. The van der Waals surface area contributed by atoms with Crippen molar-refractivity contribution in [2.45, 2.75) is 5.16 Å². The van der Waals surface area contributed by atoms with E-state index in [0.717, 1.165) is 11.8 Å². The van der Waals surface area contributed by atoms with Gasteiger partial charge in [-0.1, -0.05) is 53.7 Å². The van der Waals surface area contributed by atoms with E-state index < -0.39 is 0 Å². The lowest BCUT2D eigenvalue weighted by Gasteiger charge is -2.11. The number of hydrogen-bond acceptors (Lipinski definition) is 6. The van der Waals surface area contributed by atoms with Crippen molar-refractivity contribution in [2.24, 2.45) is 0 Å². The lowest BCUT2D eigenvalue weighted by atomic mass is 10.0. The first-order valence-electron chi connectivity index (χ1n) is 7.53. The fourth-order valence-corrected chi connectivity index (χ4v) is 2.97. The van der Waals surface area contributed by atoms with Gasteiger partial charge in [-0.05, 0) is 18.2 Å². The van der Waals surface area contributed by atoms with E-state index in [-0.39, 0.29) is 23.4 Å². The minimum absolute atomic E-state index is 0.0683. The molecule has 0 atom stereocenters. The third-order valence-electron chi connectivity index (χ3n) is 3.35. The van der Waals surface area contributed by atoms with Gasteiger partial charge in [0.25, 0.3) is 0 Å². The standard InChI is InChI=1S/C17H14ClN5O2S/c18-11-6-7-13(12(8-11)15(25)10-4-2-1-3-5-10)20-14(24)9-26-17-21-16(19)22-23-17/h1-8H,9H2,(H,20,24)(H3,19,21,22,23). The zero-order valence-corrected chi connectivity index (χ0v) is 15.0. The summed E-state index contributed by atoms with van der Waals surface area (Å²) in [6.07, 6.45) is 0. The average Bonchev–Trinajstić information content (AvgIpc) is 3.07. The Morgan fingerprint density at radius 1 is 1.19 bits per heavy atom. The van der Waals surface area contributed by atoms with Crippen LogP contribution in [-0.4, -0.2) is 32.6 Å². The number of carbonyl (C=O) groups is 2. The maximum absolute atomic E-state index is 12.7. The first kappa shape index (κ1) is 18.0. The van der Waals surface area contributed by atoms with Crippen LogP contribution in [0.3, 0.4) is 0 Å². The van der Waals surface area contributed by atoms with Gasteiger partial charge >= 0.3 is 0 Å². The van der Waals surface area contributed by atoms with Crippen molar-refractivity contribution in [3.05, 3.63) is 64.7 Å². The van der Waals surface area contributed by atoms with Crippen LogP contribution in [0.25, 0.3) is 0 Å². The highest BCUT2D eigenvalue weighted by molar-refractivity contribution is 7.99. The Morgan fingerprint density at radius 3 is 2.65 bits per heavy atom. The van der Waals surface area contributed by atoms with Gasteiger partial charge in [0.15, 0.2) is 5.78 Å². The lowest BCUT2D eigenvalue weighted by molar-refractivity contribution is -0.113. The number of benzene rings is 2. The maximum Gasteiger partial charge on any atom is 0.234 e. The topological polar surface area (TPSA) is 114 Å². The molecular weight excluding hydrogens is 374 g/mol. The van der Waals surface area contributed by atoms with E-state index in [0.29, 0.717) is 27.0 Å². The second-order valence-electron chi connectivity index (χ2n) is 5.23. The highest BCUT2D eigenvalue weighted by Gasteiger charge is 2.16. The first-order chi connectivity index (χ1) is 12.5. The zero-order chi connectivity index (χ0) is 18.5. The molecule has 0 fully saturated rings. The number of nitrogens with one attached hydrogen (secondary N) is 2. The molecule has 1 amide bonds. The zero-order valence-electron chi connectivity index (χ0n) is 13.4. The summed E-state index contributed by atoms with van der Waals surface area (Å²) in [5, 5.41) is 9.85. The third kappa shape index (κ3) is 4.41. The number of ketones is 1. The minimum atomic E-state index is -0.303. The fraction of sp³-hybridized carbons (Fsp3) is 0.0588. The molecule has 26 heavy (non-hydrogen) atoms. The molecule has 0 unspecified atom stereocenters. The fourth-order valence-electron chi connectivity index (χ4n) is 2.20. The van der Waals surface area contributed by atoms with E-state index in [1.165, 1.54) is 6.07 Å². The number of aromatic amines is 1. The van der Waals surface area contributed by atoms with Crippen LogP contribution in [0.4, 0.5) is 11.6 Å². The van der Waals surface area contributed by atoms with E-state index in [9.17, 15) is 9.59 Å². The molecule has 0 aliphatic heterocycles. The molecular formula is C17H14ClN5O2S. The third-order valence-corrected chi connectivity index (χ3v) is 4.43. The van der Waals surface area contributed by atoms with E-state index in [1.54, 1.807) is 36.4 Å². The molecule has 0 radical (unpaired) electrons. The number of anilines is 2. The quantitative estimate of drug-likeness (QED) is 0.442. The molecule has 3 rings (SSSR count). The van der Waals surface area contributed by atoms with Gasteiger partial charge in [-0.15, -0.1) is 5.10 Å². The smallest absolute Gasteiger partial charge is 0.234 e. The van der Waals surface area contributed by atoms with Crippen molar-refractivity contribution in [2.75, 3.05) is 16.8 Å². The summed E-state index contributed by atoms with van der Waals surface area (Å²) in [4.78, 5) is 28.9. The highest BCUT2D eigenvalue weighted by Crippen LogP contribution is 2.24. The predicted octanol–water partition coefficient (Wildman–Crippen LogP) is 3.00. The van der Waals surface area contributed by atoms with Crippen LogP contribution < -0.4 is 11.1 Å². The number of nitrogen functional groups attached to an aromatic ring is 1. The molecule has 0 aliphatic rings. The van der Waals surface area contributed by atoms with Crippen molar-refractivity contribution < 1.29 is 9.59 Å². The Kier molecular flexibility index (Phi) is 5.55. The SMILES string of the molecule is Nc1nc(SCC(=O)Nc2ccc(Cl)cc2C(=O)c2ccccc2)n[nH]1. The number of amides is 1. The Bertz CT molecular complexity index is 945. The Balaban J connectivity index is 1.75. The van der Waals surface area contributed by atoms with Crippen LogP contribution >= 0.6 is 23.4 Å². The van der Waals surface area contributed by atoms with Crippen LogP contribution in [0.5, 0.6) is 0 Å². The van der Waals surface area contributed by atoms with Crippen LogP contribution in [-0.2, 0) is 4.79 Å². The number of hydrogen-bond donors (Lipinski definition) is 3. The normalized spacial score (nSPS) is 10.5. The second-order valence-corrected chi connectivity index (χ2v) is 6.60. The molecule has 3 aromatic rings. The van der Waals surface area contributed by atoms with Gasteiger partial charge in [-0.2, -0.15) is 4.98 Å². The summed E-state index contributed by atoms with van der Waals surface area (Å²) in [7, 11) is 0. The summed E-state index contributed by atoms with van der Waals surface area (Å²) in [6, 6.07) is 13.5. The summed E-state index contributed by atoms with van der Waals surface area (Å²) in [5.41, 5.74) is 6.66. The molecule has 0 saturated heterocycles. The van der Waals surface area contributed by atoms with Gasteiger partial charge in [0, 0.05) is 16.1 Å². The number of nitrogens with zero attached hydrogens (tertiary/aromatic N) is 2. The van der Waals surface area contributed by atoms with Crippen molar-refractivity contribution in [3.8, 4) is 0 Å². The number of thioether (sulfide) groups is 1. The van der Waals surface area contributed by atoms with E-state index in [2.05, 4.69) is 20.5 Å². The molecule has 1 heterocycles. The number of rotatable bonds is 6. The number of H-pyrrole nitrogens is 1. The van der Waals surface area contributed by atoms with Crippen molar-refractivity contribution in [1.29, 1.82) is 0 Å². The van der Waals surface area contributed by atoms with Crippen molar-refractivity contribution >= 4 is 46.7 Å². The maximum atomic E-state index is 12.7. The molecule has 0 spiro atoms.